The van der Waals surface area contributed by atoms with Crippen molar-refractivity contribution < 1.29 is 9.47 Å². The molecule has 5 nitrogen and oxygen atoms in total. The first-order valence-corrected chi connectivity index (χ1v) is 7.40. The van der Waals surface area contributed by atoms with Gasteiger partial charge >= 0.3 is 0 Å². The van der Waals surface area contributed by atoms with Crippen molar-refractivity contribution in [3.05, 3.63) is 29.8 Å². The van der Waals surface area contributed by atoms with E-state index in [0.717, 1.165) is 57.1 Å². The van der Waals surface area contributed by atoms with E-state index in [1.165, 1.54) is 0 Å². The monoisotopic (exact) mass is 289 g/mol. The highest BCUT2D eigenvalue weighted by Crippen LogP contribution is 2.17. The van der Waals surface area contributed by atoms with Crippen LogP contribution in [0.1, 0.15) is 18.0 Å². The van der Waals surface area contributed by atoms with Crippen molar-refractivity contribution in [3.8, 4) is 11.8 Å². The zero-order chi connectivity index (χ0) is 14.9. The molecule has 0 amide bonds. The Labute approximate surface area is 126 Å². The van der Waals surface area contributed by atoms with Crippen molar-refractivity contribution >= 4 is 0 Å². The molecule has 0 aliphatic carbocycles. The van der Waals surface area contributed by atoms with E-state index < -0.39 is 0 Å². The summed E-state index contributed by atoms with van der Waals surface area (Å²) in [7, 11) is 1.64. The van der Waals surface area contributed by atoms with Crippen LogP contribution >= 0.6 is 0 Å². The third kappa shape index (κ3) is 5.01. The minimum atomic E-state index is -0.263. The van der Waals surface area contributed by atoms with E-state index in [0.29, 0.717) is 0 Å². The summed E-state index contributed by atoms with van der Waals surface area (Å²) in [5.41, 5.74) is 0.977. The Balaban J connectivity index is 1.73. The number of morpholine rings is 1. The van der Waals surface area contributed by atoms with Crippen molar-refractivity contribution in [1.82, 2.24) is 10.2 Å². The quantitative estimate of drug-likeness (QED) is 0.772. The van der Waals surface area contributed by atoms with Crippen LogP contribution in [0.3, 0.4) is 0 Å². The number of hydrogen-bond acceptors (Lipinski definition) is 5. The molecule has 114 valence electrons. The molecule has 5 heteroatoms. The van der Waals surface area contributed by atoms with Crippen molar-refractivity contribution in [1.29, 1.82) is 5.26 Å². The van der Waals surface area contributed by atoms with Crippen LogP contribution < -0.4 is 10.1 Å². The molecule has 1 aromatic rings. The maximum atomic E-state index is 9.28. The highest BCUT2D eigenvalue weighted by Gasteiger charge is 2.11. The smallest absolute Gasteiger partial charge is 0.121 e. The minimum absolute atomic E-state index is 0.263. The standard InChI is InChI=1S/C16H23N3O2/c1-20-15-5-3-14(4-6-15)16(13-17)18-7-2-8-19-9-11-21-12-10-19/h3-6,16,18H,2,7-12H2,1H3. The van der Waals surface area contributed by atoms with Gasteiger partial charge in [-0.3, -0.25) is 10.2 Å². The molecule has 0 spiro atoms. The molecule has 2 rings (SSSR count). The van der Waals surface area contributed by atoms with E-state index in [-0.39, 0.29) is 6.04 Å². The van der Waals surface area contributed by atoms with Gasteiger partial charge in [0.2, 0.25) is 0 Å². The Kier molecular flexibility index (Phi) is 6.48. The first kappa shape index (κ1) is 15.8. The maximum Gasteiger partial charge on any atom is 0.121 e. The van der Waals surface area contributed by atoms with Crippen molar-refractivity contribution in [2.75, 3.05) is 46.5 Å². The summed E-state index contributed by atoms with van der Waals surface area (Å²) in [6, 6.07) is 9.68. The zero-order valence-corrected chi connectivity index (χ0v) is 12.5. The molecule has 0 bridgehead atoms. The van der Waals surface area contributed by atoms with Crippen molar-refractivity contribution in [3.63, 3.8) is 0 Å². The number of nitrogens with one attached hydrogen (secondary N) is 1. The largest absolute Gasteiger partial charge is 0.497 e. The SMILES string of the molecule is COc1ccc(C(C#N)NCCCN2CCOCC2)cc1. The fourth-order valence-corrected chi connectivity index (χ4v) is 2.41. The highest BCUT2D eigenvalue weighted by molar-refractivity contribution is 5.31. The molecule has 0 saturated carbocycles. The van der Waals surface area contributed by atoms with Crippen LogP contribution in [0.5, 0.6) is 5.75 Å². The summed E-state index contributed by atoms with van der Waals surface area (Å²) < 4.78 is 10.5. The van der Waals surface area contributed by atoms with Gasteiger partial charge in [0.05, 0.1) is 26.4 Å². The normalized spacial score (nSPS) is 17.1. The number of methoxy groups -OCH3 is 1. The fourth-order valence-electron chi connectivity index (χ4n) is 2.41. The van der Waals surface area contributed by atoms with Gasteiger partial charge in [0.25, 0.3) is 0 Å². The van der Waals surface area contributed by atoms with Gasteiger partial charge in [-0.1, -0.05) is 12.1 Å². The van der Waals surface area contributed by atoms with Gasteiger partial charge in [-0.05, 0) is 37.2 Å². The number of nitriles is 1. The molecule has 1 atom stereocenters. The summed E-state index contributed by atoms with van der Waals surface area (Å²) in [4.78, 5) is 2.40. The van der Waals surface area contributed by atoms with Crippen LogP contribution in [0.15, 0.2) is 24.3 Å². The lowest BCUT2D eigenvalue weighted by Crippen LogP contribution is -2.37. The number of ether oxygens (including phenoxy) is 2. The van der Waals surface area contributed by atoms with E-state index in [1.807, 2.05) is 24.3 Å². The first-order chi connectivity index (χ1) is 10.3. The van der Waals surface area contributed by atoms with E-state index in [4.69, 9.17) is 9.47 Å². The number of nitrogens with zero attached hydrogens (tertiary/aromatic N) is 2. The lowest BCUT2D eigenvalue weighted by Gasteiger charge is -2.26. The molecule has 1 unspecified atom stereocenters. The van der Waals surface area contributed by atoms with Gasteiger partial charge in [-0.25, -0.2) is 0 Å². The molecular weight excluding hydrogens is 266 g/mol. The fraction of sp³-hybridized carbons (Fsp3) is 0.562. The topological polar surface area (TPSA) is 57.5 Å². The average molecular weight is 289 g/mol. The summed E-state index contributed by atoms with van der Waals surface area (Å²) >= 11 is 0. The van der Waals surface area contributed by atoms with Crippen LogP contribution in [0.2, 0.25) is 0 Å². The second-order valence-electron chi connectivity index (χ2n) is 5.10. The summed E-state index contributed by atoms with van der Waals surface area (Å²) in [5.74, 6) is 0.808. The molecule has 1 saturated heterocycles. The Hall–Kier alpha value is -1.61. The van der Waals surface area contributed by atoms with Gasteiger partial charge in [0, 0.05) is 13.1 Å². The van der Waals surface area contributed by atoms with Gasteiger partial charge in [0.1, 0.15) is 11.8 Å². The van der Waals surface area contributed by atoms with Gasteiger partial charge < -0.3 is 9.47 Å². The molecule has 1 N–H and O–H groups in total. The Bertz CT molecular complexity index is 450. The molecule has 1 aliphatic heterocycles. The average Bonchev–Trinajstić information content (AvgIpc) is 2.56. The molecule has 1 aliphatic rings. The van der Waals surface area contributed by atoms with Crippen LogP contribution in [0, 0.1) is 11.3 Å². The summed E-state index contributed by atoms with van der Waals surface area (Å²) in [6.07, 6.45) is 1.04. The predicted molar refractivity (Wildman–Crippen MR) is 81.2 cm³/mol. The lowest BCUT2D eigenvalue weighted by molar-refractivity contribution is 0.0374. The van der Waals surface area contributed by atoms with E-state index in [2.05, 4.69) is 16.3 Å². The molecule has 1 heterocycles. The van der Waals surface area contributed by atoms with Crippen LogP contribution in [0.4, 0.5) is 0 Å². The molecular formula is C16H23N3O2. The van der Waals surface area contributed by atoms with Gasteiger partial charge in [-0.2, -0.15) is 5.26 Å². The summed E-state index contributed by atoms with van der Waals surface area (Å²) in [5, 5.41) is 12.6. The van der Waals surface area contributed by atoms with Crippen LogP contribution in [-0.4, -0.2) is 51.4 Å². The second-order valence-corrected chi connectivity index (χ2v) is 5.10. The van der Waals surface area contributed by atoms with Crippen molar-refractivity contribution in [2.24, 2.45) is 0 Å². The van der Waals surface area contributed by atoms with Gasteiger partial charge in [0.15, 0.2) is 0 Å². The maximum absolute atomic E-state index is 9.28. The number of hydrogen-bond donors (Lipinski definition) is 1. The third-order valence-electron chi connectivity index (χ3n) is 3.68. The van der Waals surface area contributed by atoms with Crippen LogP contribution in [0.25, 0.3) is 0 Å². The van der Waals surface area contributed by atoms with Gasteiger partial charge in [-0.15, -0.1) is 0 Å². The molecule has 0 aromatic heterocycles. The summed E-state index contributed by atoms with van der Waals surface area (Å²) in [6.45, 7) is 5.58. The van der Waals surface area contributed by atoms with E-state index in [9.17, 15) is 5.26 Å². The van der Waals surface area contributed by atoms with E-state index in [1.54, 1.807) is 7.11 Å². The third-order valence-corrected chi connectivity index (χ3v) is 3.68. The molecule has 21 heavy (non-hydrogen) atoms. The predicted octanol–water partition coefficient (Wildman–Crippen LogP) is 1.57. The lowest BCUT2D eigenvalue weighted by atomic mass is 10.1. The molecule has 1 fully saturated rings. The first-order valence-electron chi connectivity index (χ1n) is 7.40. The Morgan fingerprint density at radius 2 is 2.05 bits per heavy atom. The van der Waals surface area contributed by atoms with Crippen molar-refractivity contribution in [2.45, 2.75) is 12.5 Å². The Morgan fingerprint density at radius 1 is 1.33 bits per heavy atom. The zero-order valence-electron chi connectivity index (χ0n) is 12.5. The highest BCUT2D eigenvalue weighted by atomic mass is 16.5. The minimum Gasteiger partial charge on any atom is -0.497 e. The van der Waals surface area contributed by atoms with E-state index >= 15 is 0 Å². The molecule has 1 aromatic carbocycles. The number of rotatable bonds is 7. The molecule has 0 radical (unpaired) electrons. The second kappa shape index (κ2) is 8.63. The number of benzene rings is 1. The Morgan fingerprint density at radius 3 is 2.67 bits per heavy atom. The van der Waals surface area contributed by atoms with Crippen LogP contribution in [-0.2, 0) is 4.74 Å².